The Morgan fingerprint density at radius 3 is 2.74 bits per heavy atom. The maximum absolute atomic E-state index is 12.4. The van der Waals surface area contributed by atoms with Crippen LogP contribution < -0.4 is 11.1 Å². The van der Waals surface area contributed by atoms with E-state index in [0.29, 0.717) is 17.2 Å². The molecule has 6 heteroatoms. The van der Waals surface area contributed by atoms with Crippen molar-refractivity contribution < 1.29 is 14.3 Å². The lowest BCUT2D eigenvalue weighted by atomic mass is 9.98. The molecule has 1 aliphatic rings. The Morgan fingerprint density at radius 1 is 1.30 bits per heavy atom. The summed E-state index contributed by atoms with van der Waals surface area (Å²) in [6.45, 7) is 2.14. The molecular weight excluding hydrogens is 312 g/mol. The number of thiophene rings is 1. The number of ether oxygens (including phenoxy) is 1. The molecule has 1 heterocycles. The van der Waals surface area contributed by atoms with Gasteiger partial charge < -0.3 is 15.8 Å². The zero-order valence-corrected chi connectivity index (χ0v) is 13.9. The molecule has 3 N–H and O–H groups in total. The Bertz CT molecular complexity index is 747. The van der Waals surface area contributed by atoms with Crippen molar-refractivity contribution in [3.8, 4) is 0 Å². The number of carbonyl (C=O) groups is 2. The number of hydrogen-bond donors (Lipinski definition) is 2. The fraction of sp³-hybridized carbons (Fsp3) is 0.412. The van der Waals surface area contributed by atoms with Crippen LogP contribution in [0.5, 0.6) is 0 Å². The lowest BCUT2D eigenvalue weighted by Crippen LogP contribution is -2.48. The van der Waals surface area contributed by atoms with Crippen molar-refractivity contribution in [1.29, 1.82) is 0 Å². The number of fused-ring (bicyclic) bond motifs is 1. The number of anilines is 1. The van der Waals surface area contributed by atoms with Gasteiger partial charge in [0.05, 0.1) is 12.1 Å². The third-order valence-electron chi connectivity index (χ3n) is 4.20. The first-order valence-corrected chi connectivity index (χ1v) is 8.64. The van der Waals surface area contributed by atoms with Crippen molar-refractivity contribution in [2.45, 2.75) is 38.1 Å². The van der Waals surface area contributed by atoms with E-state index in [1.165, 1.54) is 11.3 Å². The van der Waals surface area contributed by atoms with E-state index in [-0.39, 0.29) is 11.9 Å². The summed E-state index contributed by atoms with van der Waals surface area (Å²) in [5, 5.41) is 3.82. The summed E-state index contributed by atoms with van der Waals surface area (Å²) >= 11 is 1.39. The van der Waals surface area contributed by atoms with Crippen molar-refractivity contribution in [3.63, 3.8) is 0 Å². The van der Waals surface area contributed by atoms with E-state index >= 15 is 0 Å². The van der Waals surface area contributed by atoms with Crippen LogP contribution in [-0.2, 0) is 9.53 Å². The SMILES string of the molecule is CCOC(=O)c1cc2cc(NC(=O)C3(N)CCCC3)ccc2s1. The standard InChI is InChI=1S/C17H20N2O3S/c1-2-22-15(20)14-10-11-9-12(5-6-13(11)23-14)19-16(21)17(18)7-3-4-8-17/h5-6,9-10H,2-4,7-8,18H2,1H3,(H,19,21). The van der Waals surface area contributed by atoms with Gasteiger partial charge in [-0.1, -0.05) is 12.8 Å². The van der Waals surface area contributed by atoms with Gasteiger partial charge in [-0.2, -0.15) is 0 Å². The van der Waals surface area contributed by atoms with Crippen molar-refractivity contribution >= 4 is 39.0 Å². The third-order valence-corrected chi connectivity index (χ3v) is 5.29. The van der Waals surface area contributed by atoms with Gasteiger partial charge in [0.2, 0.25) is 5.91 Å². The van der Waals surface area contributed by atoms with E-state index in [1.807, 2.05) is 18.2 Å². The molecule has 1 saturated carbocycles. The van der Waals surface area contributed by atoms with Gasteiger partial charge in [0.25, 0.3) is 0 Å². The van der Waals surface area contributed by atoms with Crippen LogP contribution in [0, 0.1) is 0 Å². The van der Waals surface area contributed by atoms with Crippen molar-refractivity contribution in [2.24, 2.45) is 5.73 Å². The number of rotatable bonds is 4. The molecule has 1 fully saturated rings. The fourth-order valence-electron chi connectivity index (χ4n) is 2.91. The summed E-state index contributed by atoms with van der Waals surface area (Å²) in [4.78, 5) is 24.7. The van der Waals surface area contributed by atoms with Crippen LogP contribution in [0.1, 0.15) is 42.3 Å². The molecule has 1 amide bonds. The summed E-state index contributed by atoms with van der Waals surface area (Å²) in [5.74, 6) is -0.443. The quantitative estimate of drug-likeness (QED) is 0.842. The second-order valence-electron chi connectivity index (χ2n) is 5.90. The minimum absolute atomic E-state index is 0.129. The Hall–Kier alpha value is -1.92. The largest absolute Gasteiger partial charge is 0.462 e. The predicted octanol–water partition coefficient (Wildman–Crippen LogP) is 3.29. The molecule has 1 aromatic heterocycles. The van der Waals surface area contributed by atoms with Crippen LogP contribution in [0.3, 0.4) is 0 Å². The molecule has 0 radical (unpaired) electrons. The molecule has 2 aromatic rings. The smallest absolute Gasteiger partial charge is 0.348 e. The zero-order valence-electron chi connectivity index (χ0n) is 13.1. The average Bonchev–Trinajstić information content (AvgIpc) is 3.14. The molecular formula is C17H20N2O3S. The second-order valence-corrected chi connectivity index (χ2v) is 6.98. The Balaban J connectivity index is 1.80. The van der Waals surface area contributed by atoms with Crippen molar-refractivity contribution in [2.75, 3.05) is 11.9 Å². The van der Waals surface area contributed by atoms with Gasteiger partial charge in [0, 0.05) is 10.4 Å². The third kappa shape index (κ3) is 3.23. The Morgan fingerprint density at radius 2 is 2.04 bits per heavy atom. The van der Waals surface area contributed by atoms with Gasteiger partial charge in [-0.15, -0.1) is 11.3 Å². The highest BCUT2D eigenvalue weighted by Gasteiger charge is 2.36. The van der Waals surface area contributed by atoms with Crippen LogP contribution in [0.25, 0.3) is 10.1 Å². The fourth-order valence-corrected chi connectivity index (χ4v) is 3.85. The molecule has 1 aliphatic carbocycles. The molecule has 0 saturated heterocycles. The summed E-state index contributed by atoms with van der Waals surface area (Å²) in [7, 11) is 0. The van der Waals surface area contributed by atoms with Crippen LogP contribution in [-0.4, -0.2) is 24.0 Å². The number of amides is 1. The molecule has 5 nitrogen and oxygen atoms in total. The van der Waals surface area contributed by atoms with Crippen LogP contribution >= 0.6 is 11.3 Å². The molecule has 0 bridgehead atoms. The number of benzene rings is 1. The molecule has 0 atom stereocenters. The lowest BCUT2D eigenvalue weighted by molar-refractivity contribution is -0.121. The van der Waals surface area contributed by atoms with E-state index in [0.717, 1.165) is 35.8 Å². The van der Waals surface area contributed by atoms with Crippen molar-refractivity contribution in [3.05, 3.63) is 29.1 Å². The van der Waals surface area contributed by atoms with Crippen LogP contribution in [0.4, 0.5) is 5.69 Å². The minimum Gasteiger partial charge on any atom is -0.462 e. The molecule has 0 spiro atoms. The molecule has 3 rings (SSSR count). The highest BCUT2D eigenvalue weighted by atomic mass is 32.1. The predicted molar refractivity (Wildman–Crippen MR) is 91.8 cm³/mol. The summed E-state index contributed by atoms with van der Waals surface area (Å²) in [6, 6.07) is 7.40. The van der Waals surface area contributed by atoms with Crippen molar-refractivity contribution in [1.82, 2.24) is 0 Å². The Kier molecular flexibility index (Phi) is 4.37. The zero-order chi connectivity index (χ0) is 16.4. The highest BCUT2D eigenvalue weighted by Crippen LogP contribution is 2.31. The van der Waals surface area contributed by atoms with Crippen LogP contribution in [0.15, 0.2) is 24.3 Å². The molecule has 23 heavy (non-hydrogen) atoms. The number of nitrogens with one attached hydrogen (secondary N) is 1. The van der Waals surface area contributed by atoms with E-state index in [9.17, 15) is 9.59 Å². The Labute approximate surface area is 138 Å². The van der Waals surface area contributed by atoms with E-state index in [4.69, 9.17) is 10.5 Å². The summed E-state index contributed by atoms with van der Waals surface area (Å²) in [5.41, 5.74) is 6.12. The number of carbonyl (C=O) groups excluding carboxylic acids is 2. The normalized spacial score (nSPS) is 16.4. The van der Waals surface area contributed by atoms with Gasteiger partial charge in [-0.3, -0.25) is 4.79 Å². The first-order chi connectivity index (χ1) is 11.0. The van der Waals surface area contributed by atoms with Gasteiger partial charge in [0.1, 0.15) is 4.88 Å². The van der Waals surface area contributed by atoms with Gasteiger partial charge in [0.15, 0.2) is 0 Å². The maximum atomic E-state index is 12.4. The maximum Gasteiger partial charge on any atom is 0.348 e. The molecule has 122 valence electrons. The van der Waals surface area contributed by atoms with Gasteiger partial charge >= 0.3 is 5.97 Å². The topological polar surface area (TPSA) is 81.4 Å². The summed E-state index contributed by atoms with van der Waals surface area (Å²) < 4.78 is 6.00. The van der Waals surface area contributed by atoms with E-state index in [2.05, 4.69) is 5.32 Å². The first kappa shape index (κ1) is 16.0. The number of hydrogen-bond acceptors (Lipinski definition) is 5. The average molecular weight is 332 g/mol. The summed E-state index contributed by atoms with van der Waals surface area (Å²) in [6.07, 6.45) is 3.45. The number of nitrogens with two attached hydrogens (primary N) is 1. The first-order valence-electron chi connectivity index (χ1n) is 7.83. The monoisotopic (exact) mass is 332 g/mol. The number of esters is 1. The highest BCUT2D eigenvalue weighted by molar-refractivity contribution is 7.20. The van der Waals surface area contributed by atoms with Gasteiger partial charge in [-0.05, 0) is 49.4 Å². The minimum atomic E-state index is -0.750. The lowest BCUT2D eigenvalue weighted by Gasteiger charge is -2.22. The molecule has 0 aliphatic heterocycles. The van der Waals surface area contributed by atoms with Gasteiger partial charge in [-0.25, -0.2) is 4.79 Å². The molecule has 1 aromatic carbocycles. The van der Waals surface area contributed by atoms with Crippen LogP contribution in [0.2, 0.25) is 0 Å². The second kappa shape index (κ2) is 6.29. The molecule has 0 unspecified atom stereocenters. The van der Waals surface area contributed by atoms with E-state index < -0.39 is 5.54 Å². The van der Waals surface area contributed by atoms with E-state index in [1.54, 1.807) is 13.0 Å².